The highest BCUT2D eigenvalue weighted by atomic mass is 16.1. The Morgan fingerprint density at radius 2 is 2.42 bits per heavy atom. The summed E-state index contributed by atoms with van der Waals surface area (Å²) in [6, 6.07) is 0.291. The van der Waals surface area contributed by atoms with Gasteiger partial charge in [-0.1, -0.05) is 6.92 Å². The van der Waals surface area contributed by atoms with Gasteiger partial charge in [0.05, 0.1) is 6.54 Å². The van der Waals surface area contributed by atoms with E-state index < -0.39 is 0 Å². The van der Waals surface area contributed by atoms with Gasteiger partial charge in [0.25, 0.3) is 0 Å². The van der Waals surface area contributed by atoms with E-state index in [0.29, 0.717) is 24.8 Å². The SMILES string of the molecule is CCCC(=O)CN1CCC(N)C1. The lowest BCUT2D eigenvalue weighted by Gasteiger charge is -2.13. The first-order valence-electron chi connectivity index (χ1n) is 4.72. The quantitative estimate of drug-likeness (QED) is 0.664. The maximum Gasteiger partial charge on any atom is 0.146 e. The van der Waals surface area contributed by atoms with Crippen LogP contribution in [0.5, 0.6) is 0 Å². The Kier molecular flexibility index (Phi) is 3.69. The standard InChI is InChI=1S/C9H18N2O/c1-2-3-9(12)7-11-5-4-8(10)6-11/h8H,2-7,10H2,1H3. The van der Waals surface area contributed by atoms with Gasteiger partial charge in [-0.25, -0.2) is 0 Å². The average molecular weight is 170 g/mol. The summed E-state index contributed by atoms with van der Waals surface area (Å²) in [6.45, 7) is 4.54. The molecule has 0 saturated carbocycles. The fourth-order valence-corrected chi connectivity index (χ4v) is 1.61. The summed E-state index contributed by atoms with van der Waals surface area (Å²) in [5.74, 6) is 0.353. The predicted molar refractivity (Wildman–Crippen MR) is 48.9 cm³/mol. The summed E-state index contributed by atoms with van der Waals surface area (Å²) < 4.78 is 0. The van der Waals surface area contributed by atoms with Crippen molar-refractivity contribution in [2.24, 2.45) is 5.73 Å². The smallest absolute Gasteiger partial charge is 0.146 e. The van der Waals surface area contributed by atoms with Crippen LogP contribution in [-0.2, 0) is 4.79 Å². The molecule has 12 heavy (non-hydrogen) atoms. The number of likely N-dealkylation sites (tertiary alicyclic amines) is 1. The monoisotopic (exact) mass is 170 g/mol. The van der Waals surface area contributed by atoms with Crippen LogP contribution in [0.2, 0.25) is 0 Å². The predicted octanol–water partition coefficient (Wildman–Crippen LogP) is 0.389. The molecule has 1 atom stereocenters. The third-order valence-corrected chi connectivity index (χ3v) is 2.24. The van der Waals surface area contributed by atoms with Gasteiger partial charge in [0, 0.05) is 25.6 Å². The van der Waals surface area contributed by atoms with Gasteiger partial charge in [-0.3, -0.25) is 9.69 Å². The summed E-state index contributed by atoms with van der Waals surface area (Å²) in [7, 11) is 0. The van der Waals surface area contributed by atoms with Gasteiger partial charge in [-0.15, -0.1) is 0 Å². The molecule has 0 bridgehead atoms. The van der Waals surface area contributed by atoms with E-state index in [2.05, 4.69) is 4.90 Å². The van der Waals surface area contributed by atoms with Gasteiger partial charge >= 0.3 is 0 Å². The molecule has 0 amide bonds. The zero-order chi connectivity index (χ0) is 8.97. The Bertz CT molecular complexity index is 159. The van der Waals surface area contributed by atoms with E-state index in [0.717, 1.165) is 25.9 Å². The minimum absolute atomic E-state index is 0.291. The molecule has 1 rings (SSSR count). The van der Waals surface area contributed by atoms with Crippen molar-refractivity contribution in [2.45, 2.75) is 32.2 Å². The number of ketones is 1. The molecule has 0 radical (unpaired) electrons. The zero-order valence-electron chi connectivity index (χ0n) is 7.75. The van der Waals surface area contributed by atoms with Crippen LogP contribution in [0.1, 0.15) is 26.2 Å². The number of carbonyl (C=O) groups is 1. The van der Waals surface area contributed by atoms with Gasteiger partial charge < -0.3 is 5.73 Å². The van der Waals surface area contributed by atoms with Crippen molar-refractivity contribution in [2.75, 3.05) is 19.6 Å². The number of Topliss-reactive ketones (excluding diaryl/α,β-unsaturated/α-hetero) is 1. The van der Waals surface area contributed by atoms with Crippen LogP contribution in [0.3, 0.4) is 0 Å². The molecule has 1 heterocycles. The fourth-order valence-electron chi connectivity index (χ4n) is 1.61. The zero-order valence-corrected chi connectivity index (χ0v) is 7.75. The van der Waals surface area contributed by atoms with Gasteiger partial charge in [0.1, 0.15) is 5.78 Å². The Labute approximate surface area is 73.9 Å². The van der Waals surface area contributed by atoms with E-state index in [1.54, 1.807) is 0 Å². The molecule has 70 valence electrons. The van der Waals surface area contributed by atoms with Crippen molar-refractivity contribution in [1.29, 1.82) is 0 Å². The minimum atomic E-state index is 0.291. The summed E-state index contributed by atoms with van der Waals surface area (Å²) >= 11 is 0. The van der Waals surface area contributed by atoms with Crippen molar-refractivity contribution in [3.05, 3.63) is 0 Å². The topological polar surface area (TPSA) is 46.3 Å². The van der Waals surface area contributed by atoms with Crippen molar-refractivity contribution in [1.82, 2.24) is 4.90 Å². The molecule has 1 aliphatic heterocycles. The van der Waals surface area contributed by atoms with Gasteiger partial charge in [0.15, 0.2) is 0 Å². The van der Waals surface area contributed by atoms with Crippen LogP contribution < -0.4 is 5.73 Å². The highest BCUT2D eigenvalue weighted by Crippen LogP contribution is 2.06. The maximum atomic E-state index is 11.2. The van der Waals surface area contributed by atoms with E-state index in [4.69, 9.17) is 5.73 Å². The molecule has 1 unspecified atom stereocenters. The molecule has 0 aromatic rings. The minimum Gasteiger partial charge on any atom is -0.326 e. The van der Waals surface area contributed by atoms with Gasteiger partial charge in [-0.05, 0) is 12.8 Å². The van der Waals surface area contributed by atoms with E-state index in [1.807, 2.05) is 6.92 Å². The molecule has 2 N–H and O–H groups in total. The van der Waals surface area contributed by atoms with E-state index in [9.17, 15) is 4.79 Å². The second kappa shape index (κ2) is 4.58. The Hall–Kier alpha value is -0.410. The Morgan fingerprint density at radius 1 is 1.67 bits per heavy atom. The van der Waals surface area contributed by atoms with E-state index in [-0.39, 0.29) is 0 Å². The summed E-state index contributed by atoms with van der Waals surface area (Å²) in [5, 5.41) is 0. The van der Waals surface area contributed by atoms with Crippen LogP contribution in [0.15, 0.2) is 0 Å². The van der Waals surface area contributed by atoms with Crippen LogP contribution in [0.4, 0.5) is 0 Å². The highest BCUT2D eigenvalue weighted by Gasteiger charge is 2.20. The second-order valence-electron chi connectivity index (χ2n) is 3.57. The third kappa shape index (κ3) is 2.91. The third-order valence-electron chi connectivity index (χ3n) is 2.24. The highest BCUT2D eigenvalue weighted by molar-refractivity contribution is 5.80. The molecule has 1 aliphatic rings. The first-order valence-corrected chi connectivity index (χ1v) is 4.72. The van der Waals surface area contributed by atoms with Crippen LogP contribution in [-0.4, -0.2) is 36.4 Å². The van der Waals surface area contributed by atoms with Gasteiger partial charge in [0.2, 0.25) is 0 Å². The second-order valence-corrected chi connectivity index (χ2v) is 3.57. The first-order chi connectivity index (χ1) is 5.72. The molecule has 3 nitrogen and oxygen atoms in total. The fraction of sp³-hybridized carbons (Fsp3) is 0.889. The normalized spacial score (nSPS) is 24.7. The largest absolute Gasteiger partial charge is 0.326 e. The van der Waals surface area contributed by atoms with Gasteiger partial charge in [-0.2, -0.15) is 0 Å². The molecule has 0 aromatic carbocycles. The van der Waals surface area contributed by atoms with Crippen LogP contribution >= 0.6 is 0 Å². The van der Waals surface area contributed by atoms with Crippen molar-refractivity contribution in [3.63, 3.8) is 0 Å². The Balaban J connectivity index is 2.18. The van der Waals surface area contributed by atoms with Crippen LogP contribution in [0.25, 0.3) is 0 Å². The summed E-state index contributed by atoms with van der Waals surface area (Å²) in [5.41, 5.74) is 5.72. The molecule has 1 saturated heterocycles. The molecule has 3 heteroatoms. The molecule has 0 spiro atoms. The molecule has 0 aromatic heterocycles. The van der Waals surface area contributed by atoms with Crippen molar-refractivity contribution in [3.8, 4) is 0 Å². The van der Waals surface area contributed by atoms with Crippen molar-refractivity contribution < 1.29 is 4.79 Å². The average Bonchev–Trinajstić information content (AvgIpc) is 2.36. The number of carbonyl (C=O) groups excluding carboxylic acids is 1. The summed E-state index contributed by atoms with van der Waals surface area (Å²) in [4.78, 5) is 13.4. The summed E-state index contributed by atoms with van der Waals surface area (Å²) in [6.07, 6.45) is 2.71. The number of hydrogen-bond donors (Lipinski definition) is 1. The molecule has 1 fully saturated rings. The van der Waals surface area contributed by atoms with Crippen molar-refractivity contribution >= 4 is 5.78 Å². The van der Waals surface area contributed by atoms with Crippen LogP contribution in [0, 0.1) is 0 Å². The lowest BCUT2D eigenvalue weighted by Crippen LogP contribution is -2.30. The number of nitrogens with zero attached hydrogens (tertiary/aromatic N) is 1. The lowest BCUT2D eigenvalue weighted by molar-refractivity contribution is -0.120. The van der Waals surface area contributed by atoms with E-state index in [1.165, 1.54) is 0 Å². The Morgan fingerprint density at radius 3 is 2.92 bits per heavy atom. The first kappa shape index (κ1) is 9.68. The maximum absolute atomic E-state index is 11.2. The number of hydrogen-bond acceptors (Lipinski definition) is 3. The number of nitrogens with two attached hydrogens (primary N) is 1. The van der Waals surface area contributed by atoms with E-state index >= 15 is 0 Å². The molecular weight excluding hydrogens is 152 g/mol. The number of rotatable bonds is 4. The lowest BCUT2D eigenvalue weighted by atomic mass is 10.2. The molecule has 0 aliphatic carbocycles. The molecular formula is C9H18N2O.